The van der Waals surface area contributed by atoms with Crippen molar-refractivity contribution in [2.45, 2.75) is 32.7 Å². The molecule has 0 aliphatic heterocycles. The predicted molar refractivity (Wildman–Crippen MR) is 48.9 cm³/mol. The largest absolute Gasteiger partial charge is 0.338 e. The van der Waals surface area contributed by atoms with E-state index in [0.29, 0.717) is 0 Å². The highest BCUT2D eigenvalue weighted by molar-refractivity contribution is 5.17. The van der Waals surface area contributed by atoms with Crippen molar-refractivity contribution in [2.24, 2.45) is 0 Å². The van der Waals surface area contributed by atoms with Crippen LogP contribution in [0.15, 0.2) is 24.5 Å². The van der Waals surface area contributed by atoms with Crippen molar-refractivity contribution in [1.82, 2.24) is 4.98 Å². The first kappa shape index (κ1) is 10.1. The number of ether oxygens (including phenoxy) is 1. The average molecular weight is 183 g/mol. The Balaban J connectivity index is 2.81. The molecule has 2 nitrogen and oxygen atoms in total. The molecule has 0 aliphatic carbocycles. The van der Waals surface area contributed by atoms with Gasteiger partial charge in [0.15, 0.2) is 6.36 Å². The molecule has 1 aromatic rings. The highest BCUT2D eigenvalue weighted by Crippen LogP contribution is 2.25. The molecule has 0 spiro atoms. The highest BCUT2D eigenvalue weighted by atomic mass is 19.1. The molecule has 0 saturated carbocycles. The lowest BCUT2D eigenvalue weighted by atomic mass is 10.00. The summed E-state index contributed by atoms with van der Waals surface area (Å²) in [5.74, 6) is 0. The maximum absolute atomic E-state index is 12.6. The second-order valence-corrected chi connectivity index (χ2v) is 3.41. The van der Waals surface area contributed by atoms with Gasteiger partial charge in [-0.2, -0.15) is 0 Å². The van der Waals surface area contributed by atoms with Gasteiger partial charge >= 0.3 is 0 Å². The quantitative estimate of drug-likeness (QED) is 0.718. The molecule has 3 heteroatoms. The lowest BCUT2D eigenvalue weighted by molar-refractivity contribution is -0.126. The number of hydrogen-bond acceptors (Lipinski definition) is 2. The smallest absolute Gasteiger partial charge is 0.196 e. The molecule has 1 atom stereocenters. The van der Waals surface area contributed by atoms with Crippen molar-refractivity contribution < 1.29 is 9.13 Å². The molecule has 0 bridgehead atoms. The zero-order valence-corrected chi connectivity index (χ0v) is 8.12. The molecular weight excluding hydrogens is 169 g/mol. The Labute approximate surface area is 77.8 Å². The Bertz CT molecular complexity index is 259. The Morgan fingerprint density at radius 2 is 1.92 bits per heavy atom. The lowest BCUT2D eigenvalue weighted by Gasteiger charge is -2.26. The zero-order chi connectivity index (χ0) is 9.90. The lowest BCUT2D eigenvalue weighted by Crippen LogP contribution is -2.24. The highest BCUT2D eigenvalue weighted by Gasteiger charge is 2.23. The maximum Gasteiger partial charge on any atom is 0.196 e. The van der Waals surface area contributed by atoms with Crippen LogP contribution in [0.4, 0.5) is 4.39 Å². The minimum atomic E-state index is -1.26. The molecule has 1 unspecified atom stereocenters. The van der Waals surface area contributed by atoms with Gasteiger partial charge in [-0.3, -0.25) is 4.98 Å². The third-order valence-corrected chi connectivity index (χ3v) is 1.83. The number of rotatable bonds is 3. The van der Waals surface area contributed by atoms with Crippen LogP contribution in [0.5, 0.6) is 0 Å². The Hall–Kier alpha value is -0.960. The average Bonchev–Trinajstić information content (AvgIpc) is 2.04. The molecule has 0 fully saturated rings. The Morgan fingerprint density at radius 3 is 2.38 bits per heavy atom. The topological polar surface area (TPSA) is 22.1 Å². The third-order valence-electron chi connectivity index (χ3n) is 1.83. The summed E-state index contributed by atoms with van der Waals surface area (Å²) in [5, 5.41) is 0. The zero-order valence-electron chi connectivity index (χ0n) is 8.12. The number of hydrogen-bond donors (Lipinski definition) is 0. The second kappa shape index (κ2) is 3.83. The van der Waals surface area contributed by atoms with Crippen molar-refractivity contribution in [3.8, 4) is 0 Å². The molecule has 0 saturated heterocycles. The van der Waals surface area contributed by atoms with E-state index < -0.39 is 12.0 Å². The van der Waals surface area contributed by atoms with Gasteiger partial charge in [0.2, 0.25) is 0 Å². The van der Waals surface area contributed by atoms with Crippen LogP contribution in [0.3, 0.4) is 0 Å². The fourth-order valence-corrected chi connectivity index (χ4v) is 1.23. The van der Waals surface area contributed by atoms with Gasteiger partial charge in [0.05, 0.1) is 5.60 Å². The van der Waals surface area contributed by atoms with Crippen LogP contribution in [0.25, 0.3) is 0 Å². The summed E-state index contributed by atoms with van der Waals surface area (Å²) in [6.45, 7) is 5.04. The molecule has 0 aromatic carbocycles. The van der Waals surface area contributed by atoms with Crippen LogP contribution in [-0.4, -0.2) is 11.3 Å². The summed E-state index contributed by atoms with van der Waals surface area (Å²) < 4.78 is 17.8. The van der Waals surface area contributed by atoms with Gasteiger partial charge in [-0.15, -0.1) is 0 Å². The fraction of sp³-hybridized carbons (Fsp3) is 0.500. The van der Waals surface area contributed by atoms with E-state index in [1.807, 2.05) is 26.0 Å². The first-order chi connectivity index (χ1) is 6.02. The van der Waals surface area contributed by atoms with E-state index in [1.54, 1.807) is 12.4 Å². The minimum absolute atomic E-state index is 0.600. The van der Waals surface area contributed by atoms with Crippen molar-refractivity contribution >= 4 is 0 Å². The Morgan fingerprint density at radius 1 is 1.38 bits per heavy atom. The molecule has 0 aliphatic rings. The molecule has 0 N–H and O–H groups in total. The van der Waals surface area contributed by atoms with Crippen LogP contribution >= 0.6 is 0 Å². The van der Waals surface area contributed by atoms with Gasteiger partial charge in [0.25, 0.3) is 0 Å². The van der Waals surface area contributed by atoms with Crippen LogP contribution in [-0.2, 0) is 10.3 Å². The van der Waals surface area contributed by atoms with Crippen molar-refractivity contribution in [2.75, 3.05) is 0 Å². The molecule has 1 aromatic heterocycles. The molecule has 72 valence electrons. The standard InChI is InChI=1S/C10H14FNO/c1-8(11)13-10(2,3)9-4-6-12-7-5-9/h4-8H,1-3H3. The van der Waals surface area contributed by atoms with E-state index in [2.05, 4.69) is 4.98 Å². The van der Waals surface area contributed by atoms with Gasteiger partial charge in [-0.1, -0.05) is 0 Å². The number of alkyl halides is 1. The Kier molecular flexibility index (Phi) is 2.98. The SMILES string of the molecule is CC(F)OC(C)(C)c1ccncc1. The summed E-state index contributed by atoms with van der Waals surface area (Å²) in [6.07, 6.45) is 2.08. The summed E-state index contributed by atoms with van der Waals surface area (Å²) >= 11 is 0. The van der Waals surface area contributed by atoms with Gasteiger partial charge in [-0.05, 0) is 38.5 Å². The van der Waals surface area contributed by atoms with Gasteiger partial charge in [0, 0.05) is 12.4 Å². The fourth-order valence-electron chi connectivity index (χ4n) is 1.23. The van der Waals surface area contributed by atoms with Gasteiger partial charge in [-0.25, -0.2) is 4.39 Å². The first-order valence-electron chi connectivity index (χ1n) is 4.25. The summed E-state index contributed by atoms with van der Waals surface area (Å²) in [4.78, 5) is 3.89. The summed E-state index contributed by atoms with van der Waals surface area (Å²) in [7, 11) is 0. The van der Waals surface area contributed by atoms with E-state index in [4.69, 9.17) is 4.74 Å². The maximum atomic E-state index is 12.6. The molecule has 0 amide bonds. The first-order valence-corrected chi connectivity index (χ1v) is 4.25. The van der Waals surface area contributed by atoms with Gasteiger partial charge < -0.3 is 4.74 Å². The van der Waals surface area contributed by atoms with E-state index in [0.717, 1.165) is 5.56 Å². The number of aromatic nitrogens is 1. The molecule has 1 heterocycles. The number of nitrogens with zero attached hydrogens (tertiary/aromatic N) is 1. The van der Waals surface area contributed by atoms with Gasteiger partial charge in [0.1, 0.15) is 0 Å². The summed E-state index contributed by atoms with van der Waals surface area (Å²) in [5.41, 5.74) is 0.323. The second-order valence-electron chi connectivity index (χ2n) is 3.41. The normalized spacial score (nSPS) is 14.2. The number of pyridine rings is 1. The number of halogens is 1. The minimum Gasteiger partial charge on any atom is -0.338 e. The van der Waals surface area contributed by atoms with Crippen LogP contribution in [0, 0.1) is 0 Å². The van der Waals surface area contributed by atoms with E-state index in [1.165, 1.54) is 6.92 Å². The van der Waals surface area contributed by atoms with Crippen molar-refractivity contribution in [3.63, 3.8) is 0 Å². The van der Waals surface area contributed by atoms with Crippen molar-refractivity contribution in [3.05, 3.63) is 30.1 Å². The third kappa shape index (κ3) is 2.77. The molecular formula is C10H14FNO. The van der Waals surface area contributed by atoms with Crippen LogP contribution in [0.2, 0.25) is 0 Å². The molecule has 0 radical (unpaired) electrons. The van der Waals surface area contributed by atoms with E-state index in [-0.39, 0.29) is 0 Å². The van der Waals surface area contributed by atoms with E-state index in [9.17, 15) is 4.39 Å². The molecule has 1 rings (SSSR count). The van der Waals surface area contributed by atoms with Crippen LogP contribution < -0.4 is 0 Å². The summed E-state index contributed by atoms with van der Waals surface area (Å²) in [6, 6.07) is 3.64. The molecule has 13 heavy (non-hydrogen) atoms. The van der Waals surface area contributed by atoms with Crippen molar-refractivity contribution in [1.29, 1.82) is 0 Å². The van der Waals surface area contributed by atoms with E-state index >= 15 is 0 Å². The predicted octanol–water partition coefficient (Wildman–Crippen LogP) is 2.65. The monoisotopic (exact) mass is 183 g/mol. The van der Waals surface area contributed by atoms with Crippen LogP contribution in [0.1, 0.15) is 26.3 Å².